The van der Waals surface area contributed by atoms with Gasteiger partial charge in [-0.25, -0.2) is 0 Å². The maximum atomic E-state index is 9.60. The summed E-state index contributed by atoms with van der Waals surface area (Å²) >= 11 is 3.43. The zero-order valence-electron chi connectivity index (χ0n) is 8.71. The van der Waals surface area contributed by atoms with Gasteiger partial charge >= 0.3 is 0 Å². The van der Waals surface area contributed by atoms with Crippen LogP contribution >= 0.6 is 15.9 Å². The van der Waals surface area contributed by atoms with Crippen LogP contribution in [0.3, 0.4) is 0 Å². The minimum Gasteiger partial charge on any atom is -0.391 e. The van der Waals surface area contributed by atoms with Crippen LogP contribution in [0.4, 0.5) is 0 Å². The summed E-state index contributed by atoms with van der Waals surface area (Å²) in [5.41, 5.74) is 2.32. The molecule has 0 aliphatic heterocycles. The van der Waals surface area contributed by atoms with Crippen molar-refractivity contribution in [2.45, 2.75) is 26.0 Å². The van der Waals surface area contributed by atoms with Crippen LogP contribution in [0.1, 0.15) is 24.1 Å². The Kier molecular flexibility index (Phi) is 4.11. The zero-order chi connectivity index (χ0) is 10.7. The molecular formula is C11H16BrNO. The van der Waals surface area contributed by atoms with E-state index in [2.05, 4.69) is 28.2 Å². The lowest BCUT2D eigenvalue weighted by atomic mass is 9.98. The first-order chi connectivity index (χ1) is 6.56. The summed E-state index contributed by atoms with van der Waals surface area (Å²) in [5, 5.41) is 12.7. The SMILES string of the molecule is CNC(c1cc(Br)ccc1C)C(C)O. The summed E-state index contributed by atoms with van der Waals surface area (Å²) in [7, 11) is 1.86. The van der Waals surface area contributed by atoms with E-state index in [1.807, 2.05) is 25.2 Å². The minimum absolute atomic E-state index is 0.00694. The largest absolute Gasteiger partial charge is 0.391 e. The molecule has 0 amide bonds. The molecule has 0 aliphatic carbocycles. The molecule has 0 saturated carbocycles. The van der Waals surface area contributed by atoms with Gasteiger partial charge < -0.3 is 10.4 Å². The number of likely N-dealkylation sites (N-methyl/N-ethyl adjacent to an activating group) is 1. The summed E-state index contributed by atoms with van der Waals surface area (Å²) in [5.74, 6) is 0. The average Bonchev–Trinajstić information content (AvgIpc) is 2.11. The molecule has 0 spiro atoms. The number of nitrogens with one attached hydrogen (secondary N) is 1. The normalized spacial score (nSPS) is 15.2. The van der Waals surface area contributed by atoms with E-state index in [0.29, 0.717) is 0 Å². The molecule has 0 saturated heterocycles. The zero-order valence-corrected chi connectivity index (χ0v) is 10.3. The second-order valence-electron chi connectivity index (χ2n) is 3.51. The fourth-order valence-electron chi connectivity index (χ4n) is 1.60. The highest BCUT2D eigenvalue weighted by atomic mass is 79.9. The number of benzene rings is 1. The number of aryl methyl sites for hydroxylation is 1. The van der Waals surface area contributed by atoms with Crippen molar-refractivity contribution < 1.29 is 5.11 Å². The summed E-state index contributed by atoms with van der Waals surface area (Å²) in [6.07, 6.45) is -0.395. The molecule has 2 nitrogen and oxygen atoms in total. The van der Waals surface area contributed by atoms with Gasteiger partial charge in [-0.05, 0) is 44.2 Å². The Morgan fingerprint density at radius 2 is 2.07 bits per heavy atom. The lowest BCUT2D eigenvalue weighted by Crippen LogP contribution is -2.27. The smallest absolute Gasteiger partial charge is 0.0706 e. The molecule has 0 heterocycles. The van der Waals surface area contributed by atoms with Gasteiger partial charge in [0.1, 0.15) is 0 Å². The topological polar surface area (TPSA) is 32.3 Å². The number of rotatable bonds is 3. The van der Waals surface area contributed by atoms with Crippen molar-refractivity contribution in [1.29, 1.82) is 0 Å². The summed E-state index contributed by atoms with van der Waals surface area (Å²) in [6, 6.07) is 6.09. The monoisotopic (exact) mass is 257 g/mol. The van der Waals surface area contributed by atoms with Crippen LogP contribution in [0, 0.1) is 6.92 Å². The van der Waals surface area contributed by atoms with Gasteiger partial charge in [0, 0.05) is 4.47 Å². The summed E-state index contributed by atoms with van der Waals surface area (Å²) in [6.45, 7) is 3.84. The highest BCUT2D eigenvalue weighted by molar-refractivity contribution is 9.10. The van der Waals surface area contributed by atoms with Crippen molar-refractivity contribution in [2.24, 2.45) is 0 Å². The second-order valence-corrected chi connectivity index (χ2v) is 4.42. The van der Waals surface area contributed by atoms with Crippen LogP contribution in [0.25, 0.3) is 0 Å². The average molecular weight is 258 g/mol. The highest BCUT2D eigenvalue weighted by Gasteiger charge is 2.16. The number of halogens is 1. The molecule has 0 aliphatic rings. The Hall–Kier alpha value is -0.380. The van der Waals surface area contributed by atoms with E-state index in [4.69, 9.17) is 0 Å². The van der Waals surface area contributed by atoms with Crippen LogP contribution in [-0.4, -0.2) is 18.3 Å². The van der Waals surface area contributed by atoms with Crippen LogP contribution in [0.15, 0.2) is 22.7 Å². The Morgan fingerprint density at radius 3 is 2.57 bits per heavy atom. The van der Waals surface area contributed by atoms with Crippen molar-refractivity contribution >= 4 is 15.9 Å². The molecule has 0 radical (unpaired) electrons. The van der Waals surface area contributed by atoms with Crippen LogP contribution in [0.2, 0.25) is 0 Å². The van der Waals surface area contributed by atoms with E-state index >= 15 is 0 Å². The van der Waals surface area contributed by atoms with E-state index in [1.165, 1.54) is 5.56 Å². The first-order valence-electron chi connectivity index (χ1n) is 4.67. The Balaban J connectivity index is 3.08. The van der Waals surface area contributed by atoms with Crippen molar-refractivity contribution in [3.05, 3.63) is 33.8 Å². The quantitative estimate of drug-likeness (QED) is 0.872. The number of aliphatic hydroxyl groups is 1. The molecule has 1 aromatic rings. The molecule has 0 fully saturated rings. The fourth-order valence-corrected chi connectivity index (χ4v) is 1.98. The Bertz CT molecular complexity index is 312. The molecule has 14 heavy (non-hydrogen) atoms. The highest BCUT2D eigenvalue weighted by Crippen LogP contribution is 2.24. The van der Waals surface area contributed by atoms with E-state index in [1.54, 1.807) is 6.92 Å². The van der Waals surface area contributed by atoms with E-state index < -0.39 is 6.10 Å². The molecule has 1 rings (SSSR count). The maximum Gasteiger partial charge on any atom is 0.0706 e. The Morgan fingerprint density at radius 1 is 1.43 bits per heavy atom. The predicted octanol–water partition coefficient (Wildman–Crippen LogP) is 2.40. The third-order valence-corrected chi connectivity index (χ3v) is 2.86. The van der Waals surface area contributed by atoms with E-state index in [9.17, 15) is 5.11 Å². The van der Waals surface area contributed by atoms with Gasteiger partial charge in [-0.1, -0.05) is 22.0 Å². The van der Waals surface area contributed by atoms with E-state index in [-0.39, 0.29) is 6.04 Å². The summed E-state index contributed by atoms with van der Waals surface area (Å²) in [4.78, 5) is 0. The van der Waals surface area contributed by atoms with Crippen molar-refractivity contribution in [3.63, 3.8) is 0 Å². The molecule has 3 heteroatoms. The van der Waals surface area contributed by atoms with Crippen LogP contribution < -0.4 is 5.32 Å². The standard InChI is InChI=1S/C11H16BrNO/c1-7-4-5-9(12)6-10(7)11(13-3)8(2)14/h4-6,8,11,13-14H,1-3H3. The maximum absolute atomic E-state index is 9.60. The molecule has 1 aromatic carbocycles. The van der Waals surface area contributed by atoms with Gasteiger partial charge in [0.2, 0.25) is 0 Å². The van der Waals surface area contributed by atoms with Crippen molar-refractivity contribution in [3.8, 4) is 0 Å². The molecule has 0 aromatic heterocycles. The lowest BCUT2D eigenvalue weighted by Gasteiger charge is -2.21. The molecule has 2 atom stereocenters. The number of aliphatic hydroxyl groups excluding tert-OH is 1. The molecular weight excluding hydrogens is 242 g/mol. The first-order valence-corrected chi connectivity index (χ1v) is 5.47. The first kappa shape index (κ1) is 11.7. The van der Waals surface area contributed by atoms with Gasteiger partial charge in [-0.3, -0.25) is 0 Å². The van der Waals surface area contributed by atoms with Gasteiger partial charge in [-0.15, -0.1) is 0 Å². The molecule has 78 valence electrons. The molecule has 0 bridgehead atoms. The third kappa shape index (κ3) is 2.56. The lowest BCUT2D eigenvalue weighted by molar-refractivity contribution is 0.149. The van der Waals surface area contributed by atoms with Crippen LogP contribution in [-0.2, 0) is 0 Å². The van der Waals surface area contributed by atoms with Gasteiger partial charge in [0.15, 0.2) is 0 Å². The fraction of sp³-hybridized carbons (Fsp3) is 0.455. The molecule has 2 N–H and O–H groups in total. The van der Waals surface area contributed by atoms with Gasteiger partial charge in [0.25, 0.3) is 0 Å². The van der Waals surface area contributed by atoms with Gasteiger partial charge in [0.05, 0.1) is 12.1 Å². The second kappa shape index (κ2) is 4.91. The van der Waals surface area contributed by atoms with Crippen LogP contribution in [0.5, 0.6) is 0 Å². The summed E-state index contributed by atoms with van der Waals surface area (Å²) < 4.78 is 1.04. The predicted molar refractivity (Wildman–Crippen MR) is 62.4 cm³/mol. The number of hydrogen-bond acceptors (Lipinski definition) is 2. The van der Waals surface area contributed by atoms with Crippen molar-refractivity contribution in [1.82, 2.24) is 5.32 Å². The minimum atomic E-state index is -0.395. The molecule has 2 unspecified atom stereocenters. The van der Waals surface area contributed by atoms with Gasteiger partial charge in [-0.2, -0.15) is 0 Å². The van der Waals surface area contributed by atoms with Crippen molar-refractivity contribution in [2.75, 3.05) is 7.05 Å². The number of hydrogen-bond donors (Lipinski definition) is 2. The van der Waals surface area contributed by atoms with E-state index in [0.717, 1.165) is 10.0 Å². The Labute approximate surface area is 93.5 Å². The third-order valence-electron chi connectivity index (χ3n) is 2.37.